The molecule has 1 heterocycles. The smallest absolute Gasteiger partial charge is 0.294 e. The molecule has 1 aliphatic rings. The normalized spacial score (nSPS) is 14.8. The highest BCUT2D eigenvalue weighted by Gasteiger charge is 2.11. The molecule has 1 N–H and O–H groups in total. The Balaban J connectivity index is 1.64. The third-order valence-electron chi connectivity index (χ3n) is 3.77. The van der Waals surface area contributed by atoms with E-state index in [1.54, 1.807) is 24.4 Å². The molecule has 0 unspecified atom stereocenters. The maximum atomic E-state index is 10.9. The van der Waals surface area contributed by atoms with Gasteiger partial charge in [-0.25, -0.2) is 0 Å². The molecule has 0 aliphatic carbocycles. The average molecular weight is 326 g/mol. The first kappa shape index (κ1) is 15.9. The zero-order valence-corrected chi connectivity index (χ0v) is 13.1. The minimum atomic E-state index is -0.436. The molecule has 1 fully saturated rings. The molecule has 2 aromatic rings. The van der Waals surface area contributed by atoms with Crippen LogP contribution in [0.5, 0.6) is 0 Å². The third-order valence-corrected chi connectivity index (χ3v) is 3.77. The molecule has 0 saturated carbocycles. The zero-order chi connectivity index (χ0) is 16.8. The van der Waals surface area contributed by atoms with E-state index in [1.807, 2.05) is 24.3 Å². The zero-order valence-electron chi connectivity index (χ0n) is 13.1. The lowest BCUT2D eigenvalue weighted by molar-refractivity contribution is -0.384. The number of hydrazone groups is 1. The van der Waals surface area contributed by atoms with Crippen LogP contribution in [0.25, 0.3) is 0 Å². The fourth-order valence-corrected chi connectivity index (χ4v) is 2.50. The van der Waals surface area contributed by atoms with Crippen LogP contribution in [0.3, 0.4) is 0 Å². The topological polar surface area (TPSA) is 80.0 Å². The van der Waals surface area contributed by atoms with E-state index in [2.05, 4.69) is 15.4 Å². The summed E-state index contributed by atoms with van der Waals surface area (Å²) in [6.45, 7) is 3.30. The summed E-state index contributed by atoms with van der Waals surface area (Å²) in [6, 6.07) is 14.4. The van der Waals surface area contributed by atoms with Crippen LogP contribution in [0, 0.1) is 10.1 Å². The molecule has 1 aliphatic heterocycles. The number of anilines is 2. The van der Waals surface area contributed by atoms with E-state index in [-0.39, 0.29) is 5.69 Å². The van der Waals surface area contributed by atoms with Crippen LogP contribution in [0.15, 0.2) is 53.6 Å². The second-order valence-corrected chi connectivity index (χ2v) is 5.34. The van der Waals surface area contributed by atoms with Gasteiger partial charge in [-0.3, -0.25) is 15.5 Å². The molecule has 0 amide bonds. The Bertz CT molecular complexity index is 725. The molecule has 124 valence electrons. The molecule has 1 saturated heterocycles. The van der Waals surface area contributed by atoms with Gasteiger partial charge in [0.1, 0.15) is 5.69 Å². The summed E-state index contributed by atoms with van der Waals surface area (Å²) in [4.78, 5) is 12.8. The molecule has 7 heteroatoms. The highest BCUT2D eigenvalue weighted by atomic mass is 16.6. The van der Waals surface area contributed by atoms with E-state index in [9.17, 15) is 10.1 Å². The molecule has 3 rings (SSSR count). The lowest BCUT2D eigenvalue weighted by Crippen LogP contribution is -2.36. The fraction of sp³-hybridized carbons (Fsp3) is 0.235. The number of nitro benzene ring substituents is 1. The molecule has 0 spiro atoms. The quantitative estimate of drug-likeness (QED) is 0.519. The van der Waals surface area contributed by atoms with Crippen LogP contribution in [0.1, 0.15) is 5.56 Å². The molecule has 0 radical (unpaired) electrons. The van der Waals surface area contributed by atoms with Crippen molar-refractivity contribution < 1.29 is 9.66 Å². The number of morpholine rings is 1. The maximum absolute atomic E-state index is 10.9. The first-order valence-electron chi connectivity index (χ1n) is 7.69. The highest BCUT2D eigenvalue weighted by molar-refractivity contribution is 5.81. The molecular weight excluding hydrogens is 308 g/mol. The summed E-state index contributed by atoms with van der Waals surface area (Å²) >= 11 is 0. The summed E-state index contributed by atoms with van der Waals surface area (Å²) < 4.78 is 5.35. The van der Waals surface area contributed by atoms with Crippen molar-refractivity contribution in [2.75, 3.05) is 36.6 Å². The van der Waals surface area contributed by atoms with Crippen LogP contribution in [0.2, 0.25) is 0 Å². The number of hydrogen-bond acceptors (Lipinski definition) is 6. The molecular formula is C17H18N4O3. The van der Waals surface area contributed by atoms with Crippen molar-refractivity contribution in [1.29, 1.82) is 0 Å². The molecule has 0 aromatic heterocycles. The monoisotopic (exact) mass is 326 g/mol. The Hall–Kier alpha value is -2.93. The number of nitrogens with zero attached hydrogens (tertiary/aromatic N) is 3. The second-order valence-electron chi connectivity index (χ2n) is 5.34. The van der Waals surface area contributed by atoms with Crippen molar-refractivity contribution in [3.63, 3.8) is 0 Å². The van der Waals surface area contributed by atoms with Gasteiger partial charge in [-0.05, 0) is 23.8 Å². The largest absolute Gasteiger partial charge is 0.378 e. The van der Waals surface area contributed by atoms with Crippen molar-refractivity contribution in [1.82, 2.24) is 0 Å². The molecule has 0 atom stereocenters. The lowest BCUT2D eigenvalue weighted by Gasteiger charge is -2.28. The Morgan fingerprint density at radius 1 is 1.12 bits per heavy atom. The number of ether oxygens (including phenoxy) is 1. The van der Waals surface area contributed by atoms with Crippen molar-refractivity contribution >= 4 is 23.3 Å². The molecule has 0 bridgehead atoms. The number of rotatable bonds is 5. The van der Waals surface area contributed by atoms with Crippen LogP contribution in [-0.2, 0) is 4.74 Å². The predicted octanol–water partition coefficient (Wildman–Crippen LogP) is 2.88. The number of nitro groups is 1. The summed E-state index contributed by atoms with van der Waals surface area (Å²) in [5, 5.41) is 15.0. The molecule has 2 aromatic carbocycles. The lowest BCUT2D eigenvalue weighted by atomic mass is 10.2. The maximum Gasteiger partial charge on any atom is 0.294 e. The molecule has 7 nitrogen and oxygen atoms in total. The predicted molar refractivity (Wildman–Crippen MR) is 93.8 cm³/mol. The van der Waals surface area contributed by atoms with Gasteiger partial charge in [-0.15, -0.1) is 0 Å². The second kappa shape index (κ2) is 7.56. The van der Waals surface area contributed by atoms with Crippen LogP contribution >= 0.6 is 0 Å². The Morgan fingerprint density at radius 3 is 2.54 bits per heavy atom. The fourth-order valence-electron chi connectivity index (χ4n) is 2.50. The van der Waals surface area contributed by atoms with Crippen molar-refractivity contribution in [2.45, 2.75) is 0 Å². The van der Waals surface area contributed by atoms with E-state index < -0.39 is 4.92 Å². The van der Waals surface area contributed by atoms with Gasteiger partial charge in [0.05, 0.1) is 24.4 Å². The van der Waals surface area contributed by atoms with Gasteiger partial charge in [-0.1, -0.05) is 24.3 Å². The summed E-state index contributed by atoms with van der Waals surface area (Å²) in [6.07, 6.45) is 1.64. The van der Waals surface area contributed by atoms with E-state index in [4.69, 9.17) is 4.74 Å². The summed E-state index contributed by atoms with van der Waals surface area (Å²) in [7, 11) is 0. The van der Waals surface area contributed by atoms with Gasteiger partial charge in [0.25, 0.3) is 5.69 Å². The van der Waals surface area contributed by atoms with E-state index >= 15 is 0 Å². The number of benzene rings is 2. The van der Waals surface area contributed by atoms with Gasteiger partial charge in [0.2, 0.25) is 0 Å². The first-order valence-corrected chi connectivity index (χ1v) is 7.69. The van der Waals surface area contributed by atoms with Gasteiger partial charge in [-0.2, -0.15) is 5.10 Å². The minimum absolute atomic E-state index is 0.00249. The van der Waals surface area contributed by atoms with Crippen molar-refractivity contribution in [2.24, 2.45) is 5.10 Å². The van der Waals surface area contributed by atoms with Gasteiger partial charge < -0.3 is 9.64 Å². The Morgan fingerprint density at radius 2 is 1.83 bits per heavy atom. The first-order chi connectivity index (χ1) is 11.7. The van der Waals surface area contributed by atoms with Crippen molar-refractivity contribution in [3.05, 3.63) is 64.2 Å². The SMILES string of the molecule is O=[N+]([O-])c1ccccc1N/N=C\c1ccc(N2CCOCC2)cc1. The number of hydrogen-bond donors (Lipinski definition) is 1. The van der Waals surface area contributed by atoms with E-state index in [0.29, 0.717) is 5.69 Å². The average Bonchev–Trinajstić information content (AvgIpc) is 2.63. The third kappa shape index (κ3) is 3.88. The minimum Gasteiger partial charge on any atom is -0.378 e. The highest BCUT2D eigenvalue weighted by Crippen LogP contribution is 2.23. The number of nitrogens with one attached hydrogen (secondary N) is 1. The van der Waals surface area contributed by atoms with Gasteiger partial charge in [0, 0.05) is 24.8 Å². The standard InChI is InChI=1S/C17H18N4O3/c22-21(23)17-4-2-1-3-16(17)19-18-13-14-5-7-15(8-6-14)20-9-11-24-12-10-20/h1-8,13,19H,9-12H2/b18-13-. The Labute approximate surface area is 139 Å². The van der Waals surface area contributed by atoms with Gasteiger partial charge >= 0.3 is 0 Å². The molecule has 24 heavy (non-hydrogen) atoms. The van der Waals surface area contributed by atoms with Gasteiger partial charge in [0.15, 0.2) is 0 Å². The summed E-state index contributed by atoms with van der Waals surface area (Å²) in [5.74, 6) is 0. The van der Waals surface area contributed by atoms with Crippen LogP contribution < -0.4 is 10.3 Å². The number of para-hydroxylation sites is 2. The van der Waals surface area contributed by atoms with Crippen molar-refractivity contribution in [3.8, 4) is 0 Å². The summed E-state index contributed by atoms with van der Waals surface area (Å²) in [5.41, 5.74) is 5.15. The van der Waals surface area contributed by atoms with Crippen LogP contribution in [-0.4, -0.2) is 37.4 Å². The Kier molecular flexibility index (Phi) is 5.02. The van der Waals surface area contributed by atoms with E-state index in [1.165, 1.54) is 6.07 Å². The van der Waals surface area contributed by atoms with E-state index in [0.717, 1.165) is 37.6 Å². The van der Waals surface area contributed by atoms with Crippen LogP contribution in [0.4, 0.5) is 17.1 Å².